The summed E-state index contributed by atoms with van der Waals surface area (Å²) < 4.78 is 2.00. The molecule has 2 aliphatic rings. The summed E-state index contributed by atoms with van der Waals surface area (Å²) in [5.41, 5.74) is 0. The predicted molar refractivity (Wildman–Crippen MR) is 74.7 cm³/mol. The number of nitrogens with zero attached hydrogens (tertiary/aromatic N) is 4. The Morgan fingerprint density at radius 1 is 1.26 bits per heavy atom. The number of hydrogen-bond donors (Lipinski definition) is 1. The third kappa shape index (κ3) is 3.54. The molecule has 19 heavy (non-hydrogen) atoms. The second-order valence-electron chi connectivity index (χ2n) is 5.89. The average molecular weight is 263 g/mol. The highest BCUT2D eigenvalue weighted by atomic mass is 15.3. The Labute approximate surface area is 115 Å². The molecule has 1 saturated carbocycles. The van der Waals surface area contributed by atoms with Crippen molar-refractivity contribution in [1.82, 2.24) is 25.0 Å². The van der Waals surface area contributed by atoms with Gasteiger partial charge in [0.15, 0.2) is 0 Å². The summed E-state index contributed by atoms with van der Waals surface area (Å²) in [4.78, 5) is 6.88. The van der Waals surface area contributed by atoms with Gasteiger partial charge in [0.1, 0.15) is 12.2 Å². The van der Waals surface area contributed by atoms with Gasteiger partial charge in [-0.3, -0.25) is 4.90 Å². The summed E-state index contributed by atoms with van der Waals surface area (Å²) >= 11 is 0. The second kappa shape index (κ2) is 6.01. The molecule has 2 fully saturated rings. The normalized spacial score (nSPS) is 21.9. The van der Waals surface area contributed by atoms with Crippen molar-refractivity contribution in [3.63, 3.8) is 0 Å². The molecule has 1 N–H and O–H groups in total. The van der Waals surface area contributed by atoms with Gasteiger partial charge >= 0.3 is 0 Å². The lowest BCUT2D eigenvalue weighted by Gasteiger charge is -2.31. The molecular formula is C14H25N5. The van der Waals surface area contributed by atoms with Crippen LogP contribution in [0.15, 0.2) is 6.33 Å². The van der Waals surface area contributed by atoms with Gasteiger partial charge < -0.3 is 5.32 Å². The molecule has 5 nitrogen and oxygen atoms in total. The molecule has 106 valence electrons. The fraction of sp³-hybridized carbons (Fsp3) is 0.857. The molecule has 5 heteroatoms. The smallest absolute Gasteiger partial charge is 0.140 e. The highest BCUT2D eigenvalue weighted by Gasteiger charge is 2.24. The zero-order valence-electron chi connectivity index (χ0n) is 11.9. The number of hydrogen-bond acceptors (Lipinski definition) is 4. The summed E-state index contributed by atoms with van der Waals surface area (Å²) in [6.07, 6.45) is 7.10. The number of rotatable bonds is 6. The molecule has 1 aliphatic heterocycles. The first-order valence-corrected chi connectivity index (χ1v) is 7.67. The molecule has 0 radical (unpaired) electrons. The van der Waals surface area contributed by atoms with Crippen LogP contribution in [0.2, 0.25) is 0 Å². The van der Waals surface area contributed by atoms with Crippen molar-refractivity contribution in [3.8, 4) is 0 Å². The standard InChI is InChI=1S/C14H25N5/c1-2-19-14(16-11-17-19)10-18-7-5-12(6-8-18)9-15-13-3-4-13/h11-13,15H,2-10H2,1H3. The Morgan fingerprint density at radius 3 is 2.74 bits per heavy atom. The largest absolute Gasteiger partial charge is 0.314 e. The van der Waals surface area contributed by atoms with E-state index in [-0.39, 0.29) is 0 Å². The van der Waals surface area contributed by atoms with Gasteiger partial charge in [-0.15, -0.1) is 0 Å². The third-order valence-corrected chi connectivity index (χ3v) is 4.34. The van der Waals surface area contributed by atoms with Crippen LogP contribution in [0.1, 0.15) is 38.4 Å². The van der Waals surface area contributed by atoms with Crippen LogP contribution in [-0.4, -0.2) is 45.3 Å². The van der Waals surface area contributed by atoms with E-state index in [0.717, 1.165) is 30.9 Å². The van der Waals surface area contributed by atoms with Gasteiger partial charge in [-0.2, -0.15) is 5.10 Å². The summed E-state index contributed by atoms with van der Waals surface area (Å²) in [5, 5.41) is 7.90. The van der Waals surface area contributed by atoms with Crippen molar-refractivity contribution in [3.05, 3.63) is 12.2 Å². The Balaban J connectivity index is 1.42. The summed E-state index contributed by atoms with van der Waals surface area (Å²) in [6, 6.07) is 0.848. The number of nitrogens with one attached hydrogen (secondary N) is 1. The molecule has 0 amide bonds. The lowest BCUT2D eigenvalue weighted by atomic mass is 9.97. The zero-order valence-corrected chi connectivity index (χ0v) is 11.9. The number of piperidine rings is 1. The van der Waals surface area contributed by atoms with Crippen molar-refractivity contribution in [1.29, 1.82) is 0 Å². The minimum Gasteiger partial charge on any atom is -0.314 e. The highest BCUT2D eigenvalue weighted by Crippen LogP contribution is 2.22. The van der Waals surface area contributed by atoms with Crippen molar-refractivity contribution in [2.24, 2.45) is 5.92 Å². The summed E-state index contributed by atoms with van der Waals surface area (Å²) in [5.74, 6) is 1.98. The zero-order chi connectivity index (χ0) is 13.1. The molecule has 0 bridgehead atoms. The van der Waals surface area contributed by atoms with E-state index in [2.05, 4.69) is 27.2 Å². The molecule has 1 aromatic heterocycles. The van der Waals surface area contributed by atoms with Gasteiger partial charge in [0.2, 0.25) is 0 Å². The maximum absolute atomic E-state index is 4.37. The van der Waals surface area contributed by atoms with Crippen LogP contribution in [0.3, 0.4) is 0 Å². The van der Waals surface area contributed by atoms with Crippen molar-refractivity contribution in [2.75, 3.05) is 19.6 Å². The number of aryl methyl sites for hydroxylation is 1. The fourth-order valence-electron chi connectivity index (χ4n) is 2.84. The first-order chi connectivity index (χ1) is 9.35. The second-order valence-corrected chi connectivity index (χ2v) is 5.89. The lowest BCUT2D eigenvalue weighted by molar-refractivity contribution is 0.169. The van der Waals surface area contributed by atoms with E-state index in [0.29, 0.717) is 0 Å². The van der Waals surface area contributed by atoms with E-state index in [9.17, 15) is 0 Å². The monoisotopic (exact) mass is 263 g/mol. The number of aromatic nitrogens is 3. The Morgan fingerprint density at radius 2 is 2.05 bits per heavy atom. The quantitative estimate of drug-likeness (QED) is 0.839. The maximum Gasteiger partial charge on any atom is 0.140 e. The maximum atomic E-state index is 4.37. The molecule has 1 aliphatic carbocycles. The molecule has 1 saturated heterocycles. The molecule has 0 unspecified atom stereocenters. The topological polar surface area (TPSA) is 46.0 Å². The van der Waals surface area contributed by atoms with Crippen LogP contribution in [0.25, 0.3) is 0 Å². The molecule has 2 heterocycles. The fourth-order valence-corrected chi connectivity index (χ4v) is 2.84. The van der Waals surface area contributed by atoms with Crippen LogP contribution < -0.4 is 5.32 Å². The molecule has 0 aromatic carbocycles. The summed E-state index contributed by atoms with van der Waals surface area (Å²) in [6.45, 7) is 7.62. The number of likely N-dealkylation sites (tertiary alicyclic amines) is 1. The first-order valence-electron chi connectivity index (χ1n) is 7.67. The molecule has 1 aromatic rings. The SMILES string of the molecule is CCn1ncnc1CN1CCC(CNC2CC2)CC1. The Bertz CT molecular complexity index is 390. The predicted octanol–water partition coefficient (Wildman–Crippen LogP) is 1.26. The highest BCUT2D eigenvalue weighted by molar-refractivity contribution is 4.87. The van der Waals surface area contributed by atoms with Crippen LogP contribution in [0, 0.1) is 5.92 Å². The summed E-state index contributed by atoms with van der Waals surface area (Å²) in [7, 11) is 0. The molecule has 0 atom stereocenters. The van der Waals surface area contributed by atoms with Crippen LogP contribution in [0.5, 0.6) is 0 Å². The van der Waals surface area contributed by atoms with Crippen LogP contribution >= 0.6 is 0 Å². The van der Waals surface area contributed by atoms with Crippen molar-refractivity contribution in [2.45, 2.75) is 51.7 Å². The third-order valence-electron chi connectivity index (χ3n) is 4.34. The van der Waals surface area contributed by atoms with Crippen LogP contribution in [0.4, 0.5) is 0 Å². The van der Waals surface area contributed by atoms with Gasteiger partial charge in [0.25, 0.3) is 0 Å². The van der Waals surface area contributed by atoms with Gasteiger partial charge in [0, 0.05) is 12.6 Å². The van der Waals surface area contributed by atoms with Gasteiger partial charge in [-0.25, -0.2) is 9.67 Å². The van der Waals surface area contributed by atoms with Gasteiger partial charge in [-0.05, 0) is 58.2 Å². The van der Waals surface area contributed by atoms with Crippen molar-refractivity contribution < 1.29 is 0 Å². The molecule has 3 rings (SSSR count). The van der Waals surface area contributed by atoms with Crippen LogP contribution in [-0.2, 0) is 13.1 Å². The van der Waals surface area contributed by atoms with E-state index >= 15 is 0 Å². The van der Waals surface area contributed by atoms with E-state index in [1.54, 1.807) is 6.33 Å². The lowest BCUT2D eigenvalue weighted by Crippen LogP contribution is -2.37. The Kier molecular flexibility index (Phi) is 4.13. The minimum atomic E-state index is 0.848. The Hall–Kier alpha value is -0.940. The molecular weight excluding hydrogens is 238 g/mol. The van der Waals surface area contributed by atoms with E-state index in [4.69, 9.17) is 0 Å². The van der Waals surface area contributed by atoms with Gasteiger partial charge in [-0.1, -0.05) is 0 Å². The first kappa shape index (κ1) is 13.1. The van der Waals surface area contributed by atoms with Gasteiger partial charge in [0.05, 0.1) is 6.54 Å². The molecule has 0 spiro atoms. The average Bonchev–Trinajstić information content (AvgIpc) is 3.17. The van der Waals surface area contributed by atoms with Crippen molar-refractivity contribution >= 4 is 0 Å². The minimum absolute atomic E-state index is 0.848. The van der Waals surface area contributed by atoms with E-state index < -0.39 is 0 Å². The van der Waals surface area contributed by atoms with E-state index in [1.165, 1.54) is 45.3 Å². The van der Waals surface area contributed by atoms with E-state index in [1.807, 2.05) is 4.68 Å².